The van der Waals surface area contributed by atoms with E-state index in [-0.39, 0.29) is 47.9 Å². The third-order valence-electron chi connectivity index (χ3n) is 5.78. The van der Waals surface area contributed by atoms with Crippen LogP contribution in [0.2, 0.25) is 0 Å². The molecule has 0 saturated heterocycles. The second-order valence-electron chi connectivity index (χ2n) is 8.09. The minimum absolute atomic E-state index is 0.0353. The molecule has 1 atom stereocenters. The fourth-order valence-corrected chi connectivity index (χ4v) is 5.69. The minimum atomic E-state index is -3.93. The SMILES string of the molecule is COCCN(Cc1nc2ccccc2c(=O)[nH]1)S(=O)(=O)c1ccc2c(c1)C[C@@H](C)N2C(C)=O. The molecule has 0 aliphatic carbocycles. The van der Waals surface area contributed by atoms with Crippen molar-refractivity contribution in [2.75, 3.05) is 25.2 Å². The zero-order valence-corrected chi connectivity index (χ0v) is 19.6. The number of para-hydroxylation sites is 1. The standard InChI is InChI=1S/C23H26N4O5S/c1-15-12-17-13-18(8-9-21(17)27(15)16(2)28)33(30,31)26(10-11-32-3)14-22-24-20-7-5-4-6-19(20)23(29)25-22/h4-9,13,15H,10-12,14H2,1-3H3,(H,24,25,29)/t15-/m1/s1. The largest absolute Gasteiger partial charge is 0.383 e. The molecule has 1 N–H and O–H groups in total. The summed E-state index contributed by atoms with van der Waals surface area (Å²) < 4.78 is 33.5. The number of hydrogen-bond donors (Lipinski definition) is 1. The zero-order valence-electron chi connectivity index (χ0n) is 18.7. The summed E-state index contributed by atoms with van der Waals surface area (Å²) in [6.45, 7) is 3.58. The molecule has 9 nitrogen and oxygen atoms in total. The van der Waals surface area contributed by atoms with Gasteiger partial charge in [-0.25, -0.2) is 13.4 Å². The Morgan fingerprint density at radius 3 is 2.76 bits per heavy atom. The molecule has 0 radical (unpaired) electrons. The van der Waals surface area contributed by atoms with E-state index in [2.05, 4.69) is 9.97 Å². The number of aromatic amines is 1. The van der Waals surface area contributed by atoms with E-state index in [1.54, 1.807) is 41.3 Å². The van der Waals surface area contributed by atoms with E-state index in [0.717, 1.165) is 11.3 Å². The number of benzene rings is 2. The lowest BCUT2D eigenvalue weighted by atomic mass is 10.1. The monoisotopic (exact) mass is 470 g/mol. The van der Waals surface area contributed by atoms with Crippen LogP contribution in [0.1, 0.15) is 25.2 Å². The maximum atomic E-state index is 13.6. The van der Waals surface area contributed by atoms with Gasteiger partial charge in [-0.05, 0) is 49.2 Å². The Hall–Kier alpha value is -3.08. The number of sulfonamides is 1. The summed E-state index contributed by atoms with van der Waals surface area (Å²) in [7, 11) is -2.43. The number of H-pyrrole nitrogens is 1. The van der Waals surface area contributed by atoms with Crippen molar-refractivity contribution in [2.45, 2.75) is 37.8 Å². The number of carbonyl (C=O) groups is 1. The molecule has 0 saturated carbocycles. The highest BCUT2D eigenvalue weighted by Gasteiger charge is 2.32. The number of nitrogens with zero attached hydrogens (tertiary/aromatic N) is 3. The fraction of sp³-hybridized carbons (Fsp3) is 0.348. The van der Waals surface area contributed by atoms with Crippen molar-refractivity contribution in [1.82, 2.24) is 14.3 Å². The first-order chi connectivity index (χ1) is 15.7. The molecule has 174 valence electrons. The molecule has 1 aliphatic heterocycles. The summed E-state index contributed by atoms with van der Waals surface area (Å²) in [5.74, 6) is 0.167. The van der Waals surface area contributed by atoms with Crippen molar-refractivity contribution in [3.8, 4) is 0 Å². The summed E-state index contributed by atoms with van der Waals surface area (Å²) in [4.78, 5) is 33.4. The van der Waals surface area contributed by atoms with Crippen molar-refractivity contribution in [3.63, 3.8) is 0 Å². The first-order valence-corrected chi connectivity index (χ1v) is 12.1. The van der Waals surface area contributed by atoms with Gasteiger partial charge in [0.15, 0.2) is 0 Å². The lowest BCUT2D eigenvalue weighted by Crippen LogP contribution is -2.35. The summed E-state index contributed by atoms with van der Waals surface area (Å²) in [5, 5.41) is 0.440. The van der Waals surface area contributed by atoms with Crippen LogP contribution in [0.4, 0.5) is 5.69 Å². The maximum Gasteiger partial charge on any atom is 0.258 e. The Kier molecular flexibility index (Phi) is 6.33. The van der Waals surface area contributed by atoms with E-state index < -0.39 is 10.0 Å². The molecule has 10 heteroatoms. The van der Waals surface area contributed by atoms with Crippen LogP contribution in [-0.4, -0.2) is 54.9 Å². The summed E-state index contributed by atoms with van der Waals surface area (Å²) in [6.07, 6.45) is 0.579. The van der Waals surface area contributed by atoms with E-state index in [1.807, 2.05) is 6.92 Å². The number of aromatic nitrogens is 2. The predicted molar refractivity (Wildman–Crippen MR) is 125 cm³/mol. The van der Waals surface area contributed by atoms with Gasteiger partial charge in [0.05, 0.1) is 29.0 Å². The van der Waals surface area contributed by atoms with Crippen LogP contribution in [0, 0.1) is 0 Å². The molecule has 0 fully saturated rings. The highest BCUT2D eigenvalue weighted by atomic mass is 32.2. The van der Waals surface area contributed by atoms with E-state index in [1.165, 1.54) is 24.4 Å². The van der Waals surface area contributed by atoms with Crippen molar-refractivity contribution in [3.05, 3.63) is 64.2 Å². The second-order valence-corrected chi connectivity index (χ2v) is 10.0. The van der Waals surface area contributed by atoms with Crippen LogP contribution in [0.15, 0.2) is 52.2 Å². The maximum absolute atomic E-state index is 13.6. The van der Waals surface area contributed by atoms with Crippen LogP contribution in [0.5, 0.6) is 0 Å². The van der Waals surface area contributed by atoms with Gasteiger partial charge in [-0.15, -0.1) is 0 Å². The summed E-state index contributed by atoms with van der Waals surface area (Å²) >= 11 is 0. The van der Waals surface area contributed by atoms with Crippen molar-refractivity contribution in [2.24, 2.45) is 0 Å². The minimum Gasteiger partial charge on any atom is -0.383 e. The number of anilines is 1. The van der Waals surface area contributed by atoms with Crippen molar-refractivity contribution < 1.29 is 17.9 Å². The van der Waals surface area contributed by atoms with Gasteiger partial charge in [0.1, 0.15) is 5.82 Å². The van der Waals surface area contributed by atoms with Gasteiger partial charge in [0, 0.05) is 32.3 Å². The van der Waals surface area contributed by atoms with Gasteiger partial charge in [0.2, 0.25) is 15.9 Å². The first kappa shape index (κ1) is 23.1. The molecular formula is C23H26N4O5S. The molecule has 1 aliphatic rings. The van der Waals surface area contributed by atoms with Gasteiger partial charge < -0.3 is 14.6 Å². The normalized spacial score (nSPS) is 15.9. The molecule has 0 spiro atoms. The van der Waals surface area contributed by atoms with Crippen LogP contribution in [0.25, 0.3) is 10.9 Å². The van der Waals surface area contributed by atoms with Crippen LogP contribution in [0.3, 0.4) is 0 Å². The van der Waals surface area contributed by atoms with Crippen molar-refractivity contribution in [1.29, 1.82) is 0 Å². The molecule has 0 unspecified atom stereocenters. The van der Waals surface area contributed by atoms with Gasteiger partial charge >= 0.3 is 0 Å². The average molecular weight is 471 g/mol. The van der Waals surface area contributed by atoms with Crippen LogP contribution in [-0.2, 0) is 32.5 Å². The number of rotatable bonds is 7. The van der Waals surface area contributed by atoms with Gasteiger partial charge in [-0.1, -0.05) is 12.1 Å². The topological polar surface area (TPSA) is 113 Å². The van der Waals surface area contributed by atoms with E-state index in [4.69, 9.17) is 4.74 Å². The highest BCUT2D eigenvalue weighted by molar-refractivity contribution is 7.89. The highest BCUT2D eigenvalue weighted by Crippen LogP contribution is 2.34. The summed E-state index contributed by atoms with van der Waals surface area (Å²) in [5.41, 5.74) is 1.72. The Labute approximate surface area is 192 Å². The number of methoxy groups -OCH3 is 1. The quantitative estimate of drug-likeness (QED) is 0.566. The van der Waals surface area contributed by atoms with Gasteiger partial charge in [-0.2, -0.15) is 4.31 Å². The third kappa shape index (κ3) is 4.41. The van der Waals surface area contributed by atoms with E-state index in [0.29, 0.717) is 17.3 Å². The van der Waals surface area contributed by atoms with Crippen LogP contribution < -0.4 is 10.5 Å². The number of nitrogens with one attached hydrogen (secondary N) is 1. The Bertz CT molecular complexity index is 1370. The number of carbonyl (C=O) groups excluding carboxylic acids is 1. The zero-order chi connectivity index (χ0) is 23.8. The lowest BCUT2D eigenvalue weighted by Gasteiger charge is -2.23. The second kappa shape index (κ2) is 9.05. The lowest BCUT2D eigenvalue weighted by molar-refractivity contribution is -0.116. The van der Waals surface area contributed by atoms with Crippen LogP contribution >= 0.6 is 0 Å². The molecule has 2 heterocycles. The fourth-order valence-electron chi connectivity index (χ4n) is 4.25. The van der Waals surface area contributed by atoms with Crippen molar-refractivity contribution >= 4 is 32.5 Å². The molecule has 1 aromatic heterocycles. The molecule has 0 bridgehead atoms. The summed E-state index contributed by atoms with van der Waals surface area (Å²) in [6, 6.07) is 11.7. The molecular weight excluding hydrogens is 444 g/mol. The Morgan fingerprint density at radius 1 is 1.27 bits per heavy atom. The first-order valence-electron chi connectivity index (χ1n) is 10.6. The molecule has 2 aromatic carbocycles. The number of ether oxygens (including phenoxy) is 1. The predicted octanol–water partition coefficient (Wildman–Crippen LogP) is 2.06. The molecule has 1 amide bonds. The van der Waals surface area contributed by atoms with Gasteiger partial charge in [0.25, 0.3) is 5.56 Å². The number of fused-ring (bicyclic) bond motifs is 2. The van der Waals surface area contributed by atoms with Gasteiger partial charge in [-0.3, -0.25) is 9.59 Å². The van der Waals surface area contributed by atoms with E-state index in [9.17, 15) is 18.0 Å². The molecule has 3 aromatic rings. The Balaban J connectivity index is 1.70. The number of amides is 1. The third-order valence-corrected chi connectivity index (χ3v) is 7.62. The molecule has 33 heavy (non-hydrogen) atoms. The smallest absolute Gasteiger partial charge is 0.258 e. The average Bonchev–Trinajstić information content (AvgIpc) is 3.11. The van der Waals surface area contributed by atoms with E-state index >= 15 is 0 Å². The molecule has 4 rings (SSSR count). The number of hydrogen-bond acceptors (Lipinski definition) is 6. The Morgan fingerprint density at radius 2 is 2.03 bits per heavy atom.